The van der Waals surface area contributed by atoms with E-state index in [-0.39, 0.29) is 23.4 Å². The fraction of sp³-hybridized carbons (Fsp3) is 0.500. The average Bonchev–Trinajstić information content (AvgIpc) is 3.42. The Morgan fingerprint density at radius 3 is 3.00 bits per heavy atom. The third-order valence-corrected chi connectivity index (χ3v) is 7.89. The maximum atomic E-state index is 12.6. The molecular formula is C26H34N6O3S. The molecule has 1 fully saturated rings. The zero-order valence-corrected chi connectivity index (χ0v) is 22.1. The topological polar surface area (TPSA) is 103 Å². The Balaban J connectivity index is 1.33. The Labute approximate surface area is 215 Å². The number of rotatable bonds is 7. The van der Waals surface area contributed by atoms with Gasteiger partial charge < -0.3 is 30.2 Å². The van der Waals surface area contributed by atoms with Gasteiger partial charge in [-0.25, -0.2) is 4.98 Å². The van der Waals surface area contributed by atoms with Gasteiger partial charge in [0.15, 0.2) is 5.13 Å². The van der Waals surface area contributed by atoms with Crippen molar-refractivity contribution in [1.29, 1.82) is 0 Å². The molecule has 5 rings (SSSR count). The van der Waals surface area contributed by atoms with Crippen LogP contribution >= 0.6 is 11.3 Å². The van der Waals surface area contributed by atoms with E-state index < -0.39 is 0 Å². The number of benzene rings is 1. The molecule has 0 radical (unpaired) electrons. The summed E-state index contributed by atoms with van der Waals surface area (Å²) in [6.45, 7) is 7.43. The number of thiazole rings is 1. The standard InChI is InChI=1S/C26H34N6O3S/c1-26(2)13-21-22(24(34)30-26)36-25(29-21)32-9-10-35-15-18(32)11-17-14-28-20-12-16(5-6-19(17)20)23(33)27-7-8-31(3)4/h5-6,12,14,18,28H,7-11,13,15H2,1-4H3,(H,27,33)(H,30,34)/t18-/m0/s1. The SMILES string of the molecule is CN(C)CCNC(=O)c1ccc2c(C[C@H]3COCCN3c3nc4c(s3)C(=O)NC(C)(C)C4)c[nH]c2c1. The number of anilines is 1. The molecule has 2 aromatic heterocycles. The van der Waals surface area contributed by atoms with E-state index in [1.807, 2.05) is 57.2 Å². The maximum Gasteiger partial charge on any atom is 0.263 e. The second-order valence-corrected chi connectivity index (χ2v) is 11.5. The van der Waals surface area contributed by atoms with E-state index in [1.165, 1.54) is 16.9 Å². The largest absolute Gasteiger partial charge is 0.377 e. The van der Waals surface area contributed by atoms with E-state index in [9.17, 15) is 9.59 Å². The molecule has 4 heterocycles. The number of carbonyl (C=O) groups is 2. The summed E-state index contributed by atoms with van der Waals surface area (Å²) in [5.41, 5.74) is 3.36. The Kier molecular flexibility index (Phi) is 6.76. The third kappa shape index (κ3) is 5.11. The Bertz CT molecular complexity index is 1280. The van der Waals surface area contributed by atoms with E-state index in [4.69, 9.17) is 9.72 Å². The quantitative estimate of drug-likeness (QED) is 0.451. The fourth-order valence-electron chi connectivity index (χ4n) is 4.91. The van der Waals surface area contributed by atoms with Crippen molar-refractivity contribution in [2.24, 2.45) is 0 Å². The number of amides is 2. The molecule has 0 aliphatic carbocycles. The summed E-state index contributed by atoms with van der Waals surface area (Å²) in [7, 11) is 3.97. The van der Waals surface area contributed by atoms with Crippen LogP contribution in [0.1, 0.15) is 45.1 Å². The van der Waals surface area contributed by atoms with Gasteiger partial charge in [0.2, 0.25) is 0 Å². The first-order chi connectivity index (χ1) is 17.2. The minimum Gasteiger partial charge on any atom is -0.377 e. The molecule has 9 nitrogen and oxygen atoms in total. The van der Waals surface area contributed by atoms with Crippen molar-refractivity contribution in [2.45, 2.75) is 38.3 Å². The summed E-state index contributed by atoms with van der Waals surface area (Å²) in [4.78, 5) is 38.5. The van der Waals surface area contributed by atoms with Crippen molar-refractivity contribution in [2.75, 3.05) is 51.8 Å². The molecule has 0 spiro atoms. The highest BCUT2D eigenvalue weighted by Gasteiger charge is 2.35. The van der Waals surface area contributed by atoms with Gasteiger partial charge in [-0.2, -0.15) is 0 Å². The minimum absolute atomic E-state index is 0.0343. The van der Waals surface area contributed by atoms with Gasteiger partial charge in [0.1, 0.15) is 4.88 Å². The van der Waals surface area contributed by atoms with Crippen LogP contribution in [-0.2, 0) is 17.6 Å². The van der Waals surface area contributed by atoms with Crippen molar-refractivity contribution in [1.82, 2.24) is 25.5 Å². The number of H-pyrrole nitrogens is 1. The zero-order valence-electron chi connectivity index (χ0n) is 21.3. The highest BCUT2D eigenvalue weighted by Crippen LogP contribution is 2.34. The van der Waals surface area contributed by atoms with Crippen LogP contribution in [0.4, 0.5) is 5.13 Å². The second kappa shape index (κ2) is 9.84. The summed E-state index contributed by atoms with van der Waals surface area (Å²) in [5.74, 6) is -0.102. The lowest BCUT2D eigenvalue weighted by atomic mass is 9.94. The molecule has 1 aromatic carbocycles. The number of likely N-dealkylation sites (N-methyl/N-ethyl adjacent to an activating group) is 1. The van der Waals surface area contributed by atoms with Gasteiger partial charge in [0.25, 0.3) is 11.8 Å². The summed E-state index contributed by atoms with van der Waals surface area (Å²) in [6.07, 6.45) is 3.53. The smallest absolute Gasteiger partial charge is 0.263 e. The van der Waals surface area contributed by atoms with Crippen LogP contribution in [0, 0.1) is 0 Å². The Hall–Kier alpha value is -2.95. The van der Waals surface area contributed by atoms with Crippen LogP contribution < -0.4 is 15.5 Å². The summed E-state index contributed by atoms with van der Waals surface area (Å²) >= 11 is 1.48. The monoisotopic (exact) mass is 510 g/mol. The lowest BCUT2D eigenvalue weighted by Crippen LogP contribution is -2.48. The summed E-state index contributed by atoms with van der Waals surface area (Å²) in [5, 5.41) is 8.03. The van der Waals surface area contributed by atoms with Gasteiger partial charge in [0, 0.05) is 54.3 Å². The van der Waals surface area contributed by atoms with Crippen molar-refractivity contribution in [3.05, 3.63) is 46.1 Å². The van der Waals surface area contributed by atoms with Crippen LogP contribution in [-0.4, -0.2) is 85.2 Å². The summed E-state index contributed by atoms with van der Waals surface area (Å²) < 4.78 is 5.85. The van der Waals surface area contributed by atoms with Crippen LogP contribution in [0.2, 0.25) is 0 Å². The highest BCUT2D eigenvalue weighted by molar-refractivity contribution is 7.17. The number of fused-ring (bicyclic) bond motifs is 2. The summed E-state index contributed by atoms with van der Waals surface area (Å²) in [6, 6.07) is 5.92. The molecule has 0 bridgehead atoms. The van der Waals surface area contributed by atoms with Gasteiger partial charge in [-0.15, -0.1) is 0 Å². The minimum atomic E-state index is -0.286. The van der Waals surface area contributed by atoms with E-state index in [0.717, 1.165) is 52.5 Å². The van der Waals surface area contributed by atoms with Gasteiger partial charge >= 0.3 is 0 Å². The van der Waals surface area contributed by atoms with Gasteiger partial charge in [-0.3, -0.25) is 9.59 Å². The molecule has 36 heavy (non-hydrogen) atoms. The number of carbonyl (C=O) groups excluding carboxylic acids is 2. The number of nitrogens with one attached hydrogen (secondary N) is 3. The van der Waals surface area contributed by atoms with E-state index in [1.54, 1.807) is 0 Å². The van der Waals surface area contributed by atoms with Gasteiger partial charge in [-0.05, 0) is 52.1 Å². The first kappa shape index (κ1) is 24.7. The average molecular weight is 511 g/mol. The van der Waals surface area contributed by atoms with Crippen molar-refractivity contribution < 1.29 is 14.3 Å². The van der Waals surface area contributed by atoms with Gasteiger partial charge in [0.05, 0.1) is 24.9 Å². The highest BCUT2D eigenvalue weighted by atomic mass is 32.1. The third-order valence-electron chi connectivity index (χ3n) is 6.76. The molecular weight excluding hydrogens is 476 g/mol. The number of nitrogens with zero attached hydrogens (tertiary/aromatic N) is 3. The molecule has 2 amide bonds. The van der Waals surface area contributed by atoms with E-state index in [2.05, 4.69) is 20.5 Å². The molecule has 2 aliphatic rings. The lowest BCUT2D eigenvalue weighted by molar-refractivity contribution is 0.0899. The molecule has 1 atom stereocenters. The number of ether oxygens (including phenoxy) is 1. The molecule has 10 heteroatoms. The predicted octanol–water partition coefficient (Wildman–Crippen LogP) is 2.43. The number of aromatic amines is 1. The molecule has 3 N–H and O–H groups in total. The first-order valence-electron chi connectivity index (χ1n) is 12.4. The molecule has 192 valence electrons. The number of hydrogen-bond donors (Lipinski definition) is 3. The molecule has 0 saturated carbocycles. The normalized spacial score (nSPS) is 19.4. The van der Waals surface area contributed by atoms with E-state index in [0.29, 0.717) is 25.3 Å². The first-order valence-corrected chi connectivity index (χ1v) is 13.2. The van der Waals surface area contributed by atoms with Crippen LogP contribution in [0.3, 0.4) is 0 Å². The Morgan fingerprint density at radius 2 is 2.19 bits per heavy atom. The second-order valence-electron chi connectivity index (χ2n) is 10.5. The van der Waals surface area contributed by atoms with Crippen molar-refractivity contribution in [3.63, 3.8) is 0 Å². The van der Waals surface area contributed by atoms with Gasteiger partial charge in [-0.1, -0.05) is 17.4 Å². The zero-order chi connectivity index (χ0) is 25.4. The molecule has 3 aromatic rings. The van der Waals surface area contributed by atoms with Crippen molar-refractivity contribution in [3.8, 4) is 0 Å². The number of hydrogen-bond acceptors (Lipinski definition) is 7. The lowest BCUT2D eigenvalue weighted by Gasteiger charge is -2.35. The number of aromatic nitrogens is 2. The predicted molar refractivity (Wildman–Crippen MR) is 142 cm³/mol. The van der Waals surface area contributed by atoms with Crippen molar-refractivity contribution >= 4 is 39.2 Å². The molecule has 2 aliphatic heterocycles. The molecule has 0 unspecified atom stereocenters. The number of morpholine rings is 1. The fourth-order valence-corrected chi connectivity index (χ4v) is 5.98. The van der Waals surface area contributed by atoms with Crippen LogP contribution in [0.15, 0.2) is 24.4 Å². The Morgan fingerprint density at radius 1 is 1.36 bits per heavy atom. The van der Waals surface area contributed by atoms with E-state index >= 15 is 0 Å². The van der Waals surface area contributed by atoms with Crippen LogP contribution in [0.5, 0.6) is 0 Å². The maximum absolute atomic E-state index is 12.6. The molecule has 1 saturated heterocycles. The van der Waals surface area contributed by atoms with Crippen LogP contribution in [0.25, 0.3) is 10.9 Å².